The molecular formula is C22H24HfO. The standard InChI is InChI=1S/C22H24O.Hf/c1-22(23,17-19-12-6-3-7-13-19)21(20-14-8-9-15-20)16-18-10-4-2-5-11-18;/h2-14,21,23H,15-17H2,1H3;. The van der Waals surface area contributed by atoms with E-state index in [1.165, 1.54) is 16.7 Å². The first kappa shape index (κ1) is 19.1. The fraction of sp³-hybridized carbons (Fsp3) is 0.273. The average Bonchev–Trinajstić information content (AvgIpc) is 3.08. The summed E-state index contributed by atoms with van der Waals surface area (Å²) in [6.45, 7) is 1.98. The average molecular weight is 483 g/mol. The Morgan fingerprint density at radius 3 is 2.08 bits per heavy atom. The monoisotopic (exact) mass is 484 g/mol. The van der Waals surface area contributed by atoms with Crippen LogP contribution in [0, 0.1) is 5.92 Å². The molecule has 2 atom stereocenters. The summed E-state index contributed by atoms with van der Waals surface area (Å²) in [4.78, 5) is 0. The molecule has 2 aromatic carbocycles. The van der Waals surface area contributed by atoms with Gasteiger partial charge in [-0.3, -0.25) is 0 Å². The topological polar surface area (TPSA) is 20.2 Å². The molecule has 0 aliphatic heterocycles. The van der Waals surface area contributed by atoms with Gasteiger partial charge in [-0.1, -0.05) is 84.5 Å². The van der Waals surface area contributed by atoms with E-state index in [2.05, 4.69) is 54.6 Å². The summed E-state index contributed by atoms with van der Waals surface area (Å²) in [5.74, 6) is 0.125. The first-order chi connectivity index (χ1) is 11.1. The van der Waals surface area contributed by atoms with Gasteiger partial charge in [0.05, 0.1) is 5.60 Å². The van der Waals surface area contributed by atoms with Crippen LogP contribution in [0.2, 0.25) is 0 Å². The van der Waals surface area contributed by atoms with E-state index in [4.69, 9.17) is 0 Å². The van der Waals surface area contributed by atoms with Gasteiger partial charge in [-0.05, 0) is 30.9 Å². The molecule has 0 amide bonds. The molecule has 0 radical (unpaired) electrons. The van der Waals surface area contributed by atoms with Crippen molar-refractivity contribution in [2.75, 3.05) is 0 Å². The van der Waals surface area contributed by atoms with Crippen LogP contribution in [0.3, 0.4) is 0 Å². The van der Waals surface area contributed by atoms with E-state index in [1.54, 1.807) is 0 Å². The molecule has 2 aromatic rings. The molecule has 24 heavy (non-hydrogen) atoms. The molecule has 1 nitrogen and oxygen atoms in total. The summed E-state index contributed by atoms with van der Waals surface area (Å²) in [6, 6.07) is 20.7. The van der Waals surface area contributed by atoms with Gasteiger partial charge in [0, 0.05) is 38.2 Å². The van der Waals surface area contributed by atoms with Crippen molar-refractivity contribution < 1.29 is 30.9 Å². The molecule has 0 fully saturated rings. The Kier molecular flexibility index (Phi) is 6.94. The minimum Gasteiger partial charge on any atom is -0.389 e. The van der Waals surface area contributed by atoms with Crippen LogP contribution < -0.4 is 0 Å². The Bertz CT molecular complexity index is 686. The van der Waals surface area contributed by atoms with Crippen LogP contribution in [0.25, 0.3) is 0 Å². The van der Waals surface area contributed by atoms with Crippen molar-refractivity contribution in [2.45, 2.75) is 31.8 Å². The third-order valence-electron chi connectivity index (χ3n) is 4.69. The molecular weight excluding hydrogens is 459 g/mol. The zero-order valence-corrected chi connectivity index (χ0v) is 17.7. The molecule has 0 spiro atoms. The molecule has 1 N–H and O–H groups in total. The quantitative estimate of drug-likeness (QED) is 0.591. The van der Waals surface area contributed by atoms with Crippen LogP contribution >= 0.6 is 0 Å². The van der Waals surface area contributed by atoms with Crippen LogP contribution in [0.1, 0.15) is 24.5 Å². The number of benzene rings is 2. The summed E-state index contributed by atoms with van der Waals surface area (Å²) in [7, 11) is 0. The van der Waals surface area contributed by atoms with Gasteiger partial charge in [-0.2, -0.15) is 0 Å². The molecule has 0 aromatic heterocycles. The Morgan fingerprint density at radius 2 is 1.54 bits per heavy atom. The molecule has 1 aliphatic carbocycles. The summed E-state index contributed by atoms with van der Waals surface area (Å²) < 4.78 is 0. The third-order valence-corrected chi connectivity index (χ3v) is 4.69. The Balaban J connectivity index is 0.00000208. The zero-order valence-electron chi connectivity index (χ0n) is 14.2. The van der Waals surface area contributed by atoms with Gasteiger partial charge in [0.15, 0.2) is 0 Å². The van der Waals surface area contributed by atoms with E-state index >= 15 is 0 Å². The van der Waals surface area contributed by atoms with Crippen LogP contribution in [0.5, 0.6) is 0 Å². The minimum atomic E-state index is -0.769. The maximum Gasteiger partial charge on any atom is 0.0728 e. The number of hydrogen-bond acceptors (Lipinski definition) is 1. The molecule has 0 saturated heterocycles. The van der Waals surface area contributed by atoms with Crippen molar-refractivity contribution in [2.24, 2.45) is 5.92 Å². The Labute approximate surface area is 163 Å². The summed E-state index contributed by atoms with van der Waals surface area (Å²) in [6.07, 6.45) is 8.93. The first-order valence-corrected chi connectivity index (χ1v) is 8.31. The summed E-state index contributed by atoms with van der Waals surface area (Å²) in [5, 5.41) is 11.3. The van der Waals surface area contributed by atoms with Gasteiger partial charge in [0.1, 0.15) is 0 Å². The molecule has 2 heteroatoms. The second kappa shape index (κ2) is 8.73. The smallest absolute Gasteiger partial charge is 0.0728 e. The van der Waals surface area contributed by atoms with Crippen LogP contribution in [0.15, 0.2) is 84.5 Å². The molecule has 2 unspecified atom stereocenters. The number of allylic oxidation sites excluding steroid dienone is 3. The maximum atomic E-state index is 11.3. The molecule has 0 heterocycles. The van der Waals surface area contributed by atoms with E-state index in [0.29, 0.717) is 6.42 Å². The molecule has 122 valence electrons. The van der Waals surface area contributed by atoms with Crippen LogP contribution in [-0.2, 0) is 38.7 Å². The van der Waals surface area contributed by atoms with Gasteiger partial charge < -0.3 is 5.11 Å². The largest absolute Gasteiger partial charge is 0.389 e. The second-order valence-electron chi connectivity index (χ2n) is 6.64. The molecule has 0 saturated carbocycles. The predicted molar refractivity (Wildman–Crippen MR) is 96.2 cm³/mol. The molecule has 0 bridgehead atoms. The van der Waals surface area contributed by atoms with Crippen LogP contribution in [0.4, 0.5) is 0 Å². The maximum absolute atomic E-state index is 11.3. The SMILES string of the molecule is CC(O)(Cc1ccccc1)C(Cc1ccccc1)C1=CC=CC1.[Hf]. The zero-order chi connectivity index (χ0) is 16.1. The molecule has 1 aliphatic rings. The number of hydrogen-bond donors (Lipinski definition) is 1. The van der Waals surface area contributed by atoms with E-state index in [0.717, 1.165) is 12.8 Å². The van der Waals surface area contributed by atoms with Crippen molar-refractivity contribution in [1.29, 1.82) is 0 Å². The Morgan fingerprint density at radius 1 is 0.958 bits per heavy atom. The van der Waals surface area contributed by atoms with E-state index in [9.17, 15) is 5.11 Å². The molecule has 3 rings (SSSR count). The summed E-state index contributed by atoms with van der Waals surface area (Å²) >= 11 is 0. The van der Waals surface area contributed by atoms with Crippen molar-refractivity contribution in [3.05, 3.63) is 95.6 Å². The minimum absolute atomic E-state index is 0. The van der Waals surface area contributed by atoms with E-state index in [-0.39, 0.29) is 31.8 Å². The van der Waals surface area contributed by atoms with Crippen molar-refractivity contribution in [1.82, 2.24) is 0 Å². The normalized spacial score (nSPS) is 16.8. The fourth-order valence-corrected chi connectivity index (χ4v) is 3.45. The summed E-state index contributed by atoms with van der Waals surface area (Å²) in [5.41, 5.74) is 3.02. The van der Waals surface area contributed by atoms with Crippen molar-refractivity contribution in [3.8, 4) is 0 Å². The Hall–Kier alpha value is -1.25. The van der Waals surface area contributed by atoms with E-state index in [1.807, 2.05) is 31.2 Å². The van der Waals surface area contributed by atoms with Crippen LogP contribution in [-0.4, -0.2) is 10.7 Å². The second-order valence-corrected chi connectivity index (χ2v) is 6.64. The van der Waals surface area contributed by atoms with Gasteiger partial charge in [0.25, 0.3) is 0 Å². The van der Waals surface area contributed by atoms with Gasteiger partial charge in [-0.15, -0.1) is 0 Å². The van der Waals surface area contributed by atoms with Crippen molar-refractivity contribution in [3.63, 3.8) is 0 Å². The fourth-order valence-electron chi connectivity index (χ4n) is 3.45. The van der Waals surface area contributed by atoms with Gasteiger partial charge in [0.2, 0.25) is 0 Å². The van der Waals surface area contributed by atoms with Gasteiger partial charge in [-0.25, -0.2) is 0 Å². The van der Waals surface area contributed by atoms with Gasteiger partial charge >= 0.3 is 0 Å². The predicted octanol–water partition coefficient (Wildman–Crippen LogP) is 4.72. The number of aliphatic hydroxyl groups is 1. The van der Waals surface area contributed by atoms with E-state index < -0.39 is 5.60 Å². The number of rotatable bonds is 6. The third kappa shape index (κ3) is 4.87. The van der Waals surface area contributed by atoms with Crippen molar-refractivity contribution >= 4 is 0 Å². The first-order valence-electron chi connectivity index (χ1n) is 8.31.